The number of carbonyl (C=O) groups is 2. The van der Waals surface area contributed by atoms with Crippen molar-refractivity contribution in [1.82, 2.24) is 15.2 Å². The van der Waals surface area contributed by atoms with E-state index < -0.39 is 38.6 Å². The number of alkyl halides is 2. The standard InChI is InChI=1S/C19H28Cl2N4O6S/c1-12-4-5-14(10-16(12)32(28,29)23-6-7-31-9-8-30-3)24-18(26)13(2)25-19(27)17(21)15(20)11-22-25/h4-5,10,13,15,17,22-23H,6-9,11H2,1-3H3,(H,24,26)/t13-,15?,17?/m1/s1. The Balaban J connectivity index is 2.03. The summed E-state index contributed by atoms with van der Waals surface area (Å²) in [6.45, 7) is 4.46. The van der Waals surface area contributed by atoms with E-state index in [1.165, 1.54) is 13.0 Å². The number of nitrogens with one attached hydrogen (secondary N) is 3. The van der Waals surface area contributed by atoms with Crippen LogP contribution in [-0.2, 0) is 29.1 Å². The number of amides is 2. The number of sulfonamides is 1. The second-order valence-corrected chi connectivity index (χ2v) is 9.90. The summed E-state index contributed by atoms with van der Waals surface area (Å²) in [4.78, 5) is 25.0. The average molecular weight is 511 g/mol. The number of hydrogen-bond donors (Lipinski definition) is 3. The van der Waals surface area contributed by atoms with Crippen LogP contribution in [0.1, 0.15) is 12.5 Å². The minimum Gasteiger partial charge on any atom is -0.382 e. The number of halogens is 2. The van der Waals surface area contributed by atoms with Gasteiger partial charge in [0.15, 0.2) is 0 Å². The number of methoxy groups -OCH3 is 1. The molecule has 2 unspecified atom stereocenters. The lowest BCUT2D eigenvalue weighted by Crippen LogP contribution is -2.62. The number of carbonyl (C=O) groups excluding carboxylic acids is 2. The van der Waals surface area contributed by atoms with E-state index in [0.29, 0.717) is 18.8 Å². The van der Waals surface area contributed by atoms with Crippen molar-refractivity contribution in [3.8, 4) is 0 Å². The first-order chi connectivity index (χ1) is 15.1. The fraction of sp³-hybridized carbons (Fsp3) is 0.579. The number of hydrogen-bond acceptors (Lipinski definition) is 7. The number of aryl methyl sites for hydroxylation is 1. The molecule has 32 heavy (non-hydrogen) atoms. The summed E-state index contributed by atoms with van der Waals surface area (Å²) in [5.41, 5.74) is 3.56. The predicted octanol–water partition coefficient (Wildman–Crippen LogP) is 0.825. The minimum atomic E-state index is -3.83. The molecule has 1 aromatic rings. The van der Waals surface area contributed by atoms with Gasteiger partial charge in [0.1, 0.15) is 11.4 Å². The van der Waals surface area contributed by atoms with Gasteiger partial charge < -0.3 is 14.8 Å². The molecule has 3 N–H and O–H groups in total. The van der Waals surface area contributed by atoms with Gasteiger partial charge in [-0.1, -0.05) is 6.07 Å². The van der Waals surface area contributed by atoms with E-state index >= 15 is 0 Å². The van der Waals surface area contributed by atoms with Gasteiger partial charge >= 0.3 is 0 Å². The molecule has 1 heterocycles. The van der Waals surface area contributed by atoms with E-state index in [1.54, 1.807) is 26.2 Å². The summed E-state index contributed by atoms with van der Waals surface area (Å²) in [5, 5.41) is 2.23. The topological polar surface area (TPSA) is 126 Å². The van der Waals surface area contributed by atoms with E-state index in [4.69, 9.17) is 32.7 Å². The molecule has 1 fully saturated rings. The molecular formula is C19H28Cl2N4O6S. The SMILES string of the molecule is COCCOCCNS(=O)(=O)c1cc(NC(=O)[C@@H](C)N2NCC(Cl)C(Cl)C2=O)ccc1C. The fourth-order valence-electron chi connectivity index (χ4n) is 2.88. The molecule has 1 saturated heterocycles. The largest absolute Gasteiger partial charge is 0.382 e. The van der Waals surface area contributed by atoms with Gasteiger partial charge in [-0.05, 0) is 31.5 Å². The summed E-state index contributed by atoms with van der Waals surface area (Å²) in [7, 11) is -2.28. The van der Waals surface area contributed by atoms with E-state index in [9.17, 15) is 18.0 Å². The van der Waals surface area contributed by atoms with Crippen LogP contribution >= 0.6 is 23.2 Å². The molecule has 3 atom stereocenters. The summed E-state index contributed by atoms with van der Waals surface area (Å²) < 4.78 is 37.9. The van der Waals surface area contributed by atoms with Crippen molar-refractivity contribution in [3.63, 3.8) is 0 Å². The molecule has 2 rings (SSSR count). The first-order valence-electron chi connectivity index (χ1n) is 9.91. The minimum absolute atomic E-state index is 0.0258. The van der Waals surface area contributed by atoms with Crippen LogP contribution in [0.3, 0.4) is 0 Å². The van der Waals surface area contributed by atoms with E-state index in [0.717, 1.165) is 5.01 Å². The summed E-state index contributed by atoms with van der Waals surface area (Å²) in [6.07, 6.45) is 0. The van der Waals surface area contributed by atoms with Crippen LogP contribution in [0, 0.1) is 6.92 Å². The van der Waals surface area contributed by atoms with Crippen molar-refractivity contribution in [2.24, 2.45) is 0 Å². The van der Waals surface area contributed by atoms with Gasteiger partial charge in [0.2, 0.25) is 15.9 Å². The Morgan fingerprint density at radius 2 is 2.03 bits per heavy atom. The van der Waals surface area contributed by atoms with Crippen molar-refractivity contribution >= 4 is 50.7 Å². The Bertz CT molecular complexity index is 917. The molecule has 1 aliphatic rings. The second kappa shape index (κ2) is 12.1. The highest BCUT2D eigenvalue weighted by Gasteiger charge is 2.38. The molecule has 10 nitrogen and oxygen atoms in total. The smallest absolute Gasteiger partial charge is 0.257 e. The summed E-state index contributed by atoms with van der Waals surface area (Å²) in [5.74, 6) is -1.03. The first-order valence-corrected chi connectivity index (χ1v) is 12.3. The number of rotatable bonds is 11. The van der Waals surface area contributed by atoms with Crippen LogP contribution in [-0.4, -0.2) is 82.1 Å². The Hall–Kier alpha value is -1.47. The lowest BCUT2D eigenvalue weighted by atomic mass is 10.2. The van der Waals surface area contributed by atoms with Crippen molar-refractivity contribution in [2.45, 2.75) is 35.5 Å². The molecule has 13 heteroatoms. The zero-order chi connectivity index (χ0) is 23.9. The van der Waals surface area contributed by atoms with Gasteiger partial charge in [-0.2, -0.15) is 0 Å². The Morgan fingerprint density at radius 3 is 2.72 bits per heavy atom. The van der Waals surface area contributed by atoms with Gasteiger partial charge in [-0.3, -0.25) is 14.6 Å². The maximum absolute atomic E-state index is 12.7. The molecule has 2 amide bonds. The number of ether oxygens (including phenoxy) is 2. The highest BCUT2D eigenvalue weighted by atomic mass is 35.5. The van der Waals surface area contributed by atoms with Crippen LogP contribution in [0.15, 0.2) is 23.1 Å². The first kappa shape index (κ1) is 26.8. The quantitative estimate of drug-likeness (QED) is 0.297. The van der Waals surface area contributed by atoms with Crippen molar-refractivity contribution in [1.29, 1.82) is 0 Å². The Morgan fingerprint density at radius 1 is 1.31 bits per heavy atom. The van der Waals surface area contributed by atoms with E-state index in [-0.39, 0.29) is 30.3 Å². The third-order valence-electron chi connectivity index (χ3n) is 4.73. The zero-order valence-electron chi connectivity index (χ0n) is 18.1. The Kier molecular flexibility index (Phi) is 10.1. The Labute approximate surface area is 197 Å². The molecule has 0 spiro atoms. The summed E-state index contributed by atoms with van der Waals surface area (Å²) in [6, 6.07) is 3.62. The highest BCUT2D eigenvalue weighted by Crippen LogP contribution is 2.22. The summed E-state index contributed by atoms with van der Waals surface area (Å²) >= 11 is 12.0. The maximum atomic E-state index is 12.7. The molecule has 0 bridgehead atoms. The highest BCUT2D eigenvalue weighted by molar-refractivity contribution is 7.89. The third kappa shape index (κ3) is 7.01. The van der Waals surface area contributed by atoms with Gasteiger partial charge in [-0.25, -0.2) is 18.6 Å². The van der Waals surface area contributed by atoms with Gasteiger partial charge in [0, 0.05) is 25.9 Å². The number of benzene rings is 1. The van der Waals surface area contributed by atoms with Crippen LogP contribution in [0.4, 0.5) is 5.69 Å². The van der Waals surface area contributed by atoms with E-state index in [2.05, 4.69) is 15.5 Å². The molecule has 1 aromatic carbocycles. The normalized spacial score (nSPS) is 20.3. The second-order valence-electron chi connectivity index (χ2n) is 7.14. The lowest BCUT2D eigenvalue weighted by Gasteiger charge is -2.36. The number of anilines is 1. The van der Waals surface area contributed by atoms with Crippen LogP contribution in [0.25, 0.3) is 0 Å². The maximum Gasteiger partial charge on any atom is 0.257 e. The fourth-order valence-corrected chi connectivity index (χ4v) is 4.54. The van der Waals surface area contributed by atoms with Gasteiger partial charge in [0.25, 0.3) is 5.91 Å². The van der Waals surface area contributed by atoms with Crippen LogP contribution < -0.4 is 15.5 Å². The monoisotopic (exact) mass is 510 g/mol. The van der Waals surface area contributed by atoms with Crippen molar-refractivity contribution in [3.05, 3.63) is 23.8 Å². The molecule has 0 saturated carbocycles. The number of hydrazine groups is 1. The van der Waals surface area contributed by atoms with Crippen molar-refractivity contribution < 1.29 is 27.5 Å². The molecule has 0 aliphatic carbocycles. The molecule has 0 aromatic heterocycles. The molecule has 180 valence electrons. The van der Waals surface area contributed by atoms with E-state index in [1.807, 2.05) is 0 Å². The average Bonchev–Trinajstić information content (AvgIpc) is 2.75. The zero-order valence-corrected chi connectivity index (χ0v) is 20.4. The van der Waals surface area contributed by atoms with Crippen LogP contribution in [0.2, 0.25) is 0 Å². The predicted molar refractivity (Wildman–Crippen MR) is 121 cm³/mol. The third-order valence-corrected chi connectivity index (χ3v) is 7.36. The molecule has 1 aliphatic heterocycles. The van der Waals surface area contributed by atoms with Gasteiger partial charge in [0.05, 0.1) is 30.1 Å². The van der Waals surface area contributed by atoms with Crippen LogP contribution in [0.5, 0.6) is 0 Å². The number of nitrogens with zero attached hydrogens (tertiary/aromatic N) is 1. The molecule has 0 radical (unpaired) electrons. The molecular weight excluding hydrogens is 483 g/mol. The van der Waals surface area contributed by atoms with Gasteiger partial charge in [-0.15, -0.1) is 23.2 Å². The lowest BCUT2D eigenvalue weighted by molar-refractivity contribution is -0.143. The van der Waals surface area contributed by atoms with Crippen molar-refractivity contribution in [2.75, 3.05) is 45.3 Å².